The highest BCUT2D eigenvalue weighted by Gasteiger charge is 2.31. The molecular formula is C18H13F6N5O. The number of benzene rings is 2. The molecule has 0 aliphatic rings. The van der Waals surface area contributed by atoms with Crippen LogP contribution in [-0.2, 0) is 6.18 Å². The molecule has 1 aromatic heterocycles. The molecule has 0 radical (unpaired) electrons. The van der Waals surface area contributed by atoms with Crippen LogP contribution in [0.2, 0.25) is 0 Å². The number of nitrogen functional groups attached to an aromatic ring is 1. The van der Waals surface area contributed by atoms with Gasteiger partial charge in [0.25, 0.3) is 0 Å². The van der Waals surface area contributed by atoms with E-state index in [0.717, 1.165) is 30.6 Å². The Morgan fingerprint density at radius 3 is 1.63 bits per heavy atom. The lowest BCUT2D eigenvalue weighted by Gasteiger charge is -2.14. The zero-order valence-electron chi connectivity index (χ0n) is 14.8. The predicted octanol–water partition coefficient (Wildman–Crippen LogP) is 5.46. The second-order valence-electron chi connectivity index (χ2n) is 5.88. The second kappa shape index (κ2) is 7.97. The molecule has 12 heteroatoms. The van der Waals surface area contributed by atoms with Crippen LogP contribution in [0.4, 0.5) is 55.0 Å². The minimum Gasteiger partial charge on any atom is -0.406 e. The number of aromatic nitrogens is 2. The number of nitrogens with one attached hydrogen (secondary N) is 2. The Kier molecular flexibility index (Phi) is 5.58. The molecule has 0 fully saturated rings. The monoisotopic (exact) mass is 429 g/mol. The van der Waals surface area contributed by atoms with Gasteiger partial charge in [0.2, 0.25) is 0 Å². The molecule has 0 saturated carbocycles. The Morgan fingerprint density at radius 1 is 0.733 bits per heavy atom. The summed E-state index contributed by atoms with van der Waals surface area (Å²) >= 11 is 0. The van der Waals surface area contributed by atoms with E-state index >= 15 is 0 Å². The van der Waals surface area contributed by atoms with Crippen LogP contribution in [0.15, 0.2) is 54.9 Å². The molecule has 1 heterocycles. The normalized spacial score (nSPS) is 11.8. The standard InChI is InChI=1S/C18H13F6N5O/c19-17(20,21)10-1-3-11(4-2-10)28-15-14(25)16(27-9-26-15)29-12-5-7-13(8-6-12)30-18(22,23)24/h1-9H,25H2,(H2,26,27,28,29). The fourth-order valence-corrected chi connectivity index (χ4v) is 2.35. The van der Waals surface area contributed by atoms with Crippen molar-refractivity contribution in [2.24, 2.45) is 0 Å². The van der Waals surface area contributed by atoms with E-state index < -0.39 is 23.9 Å². The number of hydrogen-bond acceptors (Lipinski definition) is 6. The minimum atomic E-state index is -4.80. The Labute approximate surface area is 165 Å². The molecule has 0 unspecified atom stereocenters. The number of halogens is 6. The average molecular weight is 429 g/mol. The molecule has 6 nitrogen and oxygen atoms in total. The third-order valence-electron chi connectivity index (χ3n) is 3.71. The summed E-state index contributed by atoms with van der Waals surface area (Å²) in [5, 5.41) is 5.60. The van der Waals surface area contributed by atoms with Gasteiger partial charge in [0, 0.05) is 11.4 Å². The van der Waals surface area contributed by atoms with Gasteiger partial charge in [0.1, 0.15) is 17.8 Å². The van der Waals surface area contributed by atoms with Crippen molar-refractivity contribution in [2.45, 2.75) is 12.5 Å². The number of nitrogens with two attached hydrogens (primary N) is 1. The van der Waals surface area contributed by atoms with E-state index in [4.69, 9.17) is 5.73 Å². The van der Waals surface area contributed by atoms with Crippen LogP contribution in [0.25, 0.3) is 0 Å². The Bertz CT molecular complexity index is 1000. The Hall–Kier alpha value is -3.70. The van der Waals surface area contributed by atoms with E-state index in [-0.39, 0.29) is 17.3 Å². The first kappa shape index (κ1) is 21.0. The lowest BCUT2D eigenvalue weighted by Crippen LogP contribution is -2.17. The summed E-state index contributed by atoms with van der Waals surface area (Å²) in [4.78, 5) is 7.90. The van der Waals surface area contributed by atoms with E-state index in [1.807, 2.05) is 0 Å². The van der Waals surface area contributed by atoms with Gasteiger partial charge in [-0.1, -0.05) is 0 Å². The molecule has 3 rings (SSSR count). The van der Waals surface area contributed by atoms with Crippen molar-refractivity contribution in [2.75, 3.05) is 16.4 Å². The number of alkyl halides is 6. The lowest BCUT2D eigenvalue weighted by molar-refractivity contribution is -0.274. The predicted molar refractivity (Wildman–Crippen MR) is 97.6 cm³/mol. The Balaban J connectivity index is 1.73. The highest BCUT2D eigenvalue weighted by atomic mass is 19.4. The van der Waals surface area contributed by atoms with Gasteiger partial charge >= 0.3 is 12.5 Å². The number of nitrogens with zero attached hydrogens (tertiary/aromatic N) is 2. The molecule has 0 bridgehead atoms. The van der Waals surface area contributed by atoms with Crippen molar-refractivity contribution < 1.29 is 31.1 Å². The van der Waals surface area contributed by atoms with E-state index in [0.29, 0.717) is 11.4 Å². The van der Waals surface area contributed by atoms with Gasteiger partial charge in [0.15, 0.2) is 11.6 Å². The summed E-state index contributed by atoms with van der Waals surface area (Å²) < 4.78 is 78.4. The van der Waals surface area contributed by atoms with E-state index in [1.54, 1.807) is 0 Å². The van der Waals surface area contributed by atoms with Crippen LogP contribution in [0.3, 0.4) is 0 Å². The topological polar surface area (TPSA) is 85.1 Å². The quantitative estimate of drug-likeness (QED) is 0.467. The summed E-state index contributed by atoms with van der Waals surface area (Å²) in [6.07, 6.45) is -8.10. The average Bonchev–Trinajstić information content (AvgIpc) is 2.65. The second-order valence-corrected chi connectivity index (χ2v) is 5.88. The fraction of sp³-hybridized carbons (Fsp3) is 0.111. The SMILES string of the molecule is Nc1c(Nc2ccc(OC(F)(F)F)cc2)ncnc1Nc1ccc(C(F)(F)F)cc1. The van der Waals surface area contributed by atoms with Crippen molar-refractivity contribution in [3.63, 3.8) is 0 Å². The smallest absolute Gasteiger partial charge is 0.406 e. The molecular weight excluding hydrogens is 416 g/mol. The van der Waals surface area contributed by atoms with Crippen molar-refractivity contribution in [1.82, 2.24) is 9.97 Å². The van der Waals surface area contributed by atoms with Crippen LogP contribution < -0.4 is 21.1 Å². The maximum absolute atomic E-state index is 12.6. The van der Waals surface area contributed by atoms with E-state index in [2.05, 4.69) is 25.3 Å². The van der Waals surface area contributed by atoms with Crippen LogP contribution in [0.1, 0.15) is 5.56 Å². The first-order chi connectivity index (χ1) is 14.0. The minimum absolute atomic E-state index is 0.0491. The van der Waals surface area contributed by atoms with E-state index in [1.165, 1.54) is 24.3 Å². The van der Waals surface area contributed by atoms with Crippen molar-refractivity contribution >= 4 is 28.7 Å². The molecule has 0 aliphatic heterocycles. The first-order valence-corrected chi connectivity index (χ1v) is 8.19. The van der Waals surface area contributed by atoms with Crippen LogP contribution in [-0.4, -0.2) is 16.3 Å². The van der Waals surface area contributed by atoms with Gasteiger partial charge in [-0.3, -0.25) is 0 Å². The van der Waals surface area contributed by atoms with Gasteiger partial charge in [-0.05, 0) is 48.5 Å². The molecule has 0 amide bonds. The van der Waals surface area contributed by atoms with Gasteiger partial charge < -0.3 is 21.1 Å². The van der Waals surface area contributed by atoms with Crippen molar-refractivity contribution in [3.05, 3.63) is 60.4 Å². The maximum atomic E-state index is 12.6. The number of hydrogen-bond donors (Lipinski definition) is 3. The molecule has 0 atom stereocenters. The summed E-state index contributed by atoms with van der Waals surface area (Å²) in [5.74, 6) is -0.124. The third-order valence-corrected chi connectivity index (χ3v) is 3.71. The summed E-state index contributed by atoms with van der Waals surface area (Å²) in [7, 11) is 0. The molecule has 0 saturated heterocycles. The summed E-state index contributed by atoms with van der Waals surface area (Å²) in [6, 6.07) is 9.11. The molecule has 0 spiro atoms. The molecule has 3 aromatic rings. The molecule has 158 valence electrons. The zero-order chi connectivity index (χ0) is 21.9. The molecule has 0 aliphatic carbocycles. The van der Waals surface area contributed by atoms with Crippen LogP contribution >= 0.6 is 0 Å². The number of rotatable bonds is 5. The van der Waals surface area contributed by atoms with E-state index in [9.17, 15) is 26.3 Å². The van der Waals surface area contributed by atoms with Gasteiger partial charge in [-0.2, -0.15) is 13.2 Å². The van der Waals surface area contributed by atoms with Gasteiger partial charge in [-0.15, -0.1) is 13.2 Å². The summed E-state index contributed by atoms with van der Waals surface area (Å²) in [5.41, 5.74) is 5.92. The summed E-state index contributed by atoms with van der Waals surface area (Å²) in [6.45, 7) is 0. The maximum Gasteiger partial charge on any atom is 0.573 e. The largest absolute Gasteiger partial charge is 0.573 e. The van der Waals surface area contributed by atoms with Crippen LogP contribution in [0.5, 0.6) is 5.75 Å². The van der Waals surface area contributed by atoms with Crippen LogP contribution in [0, 0.1) is 0 Å². The highest BCUT2D eigenvalue weighted by molar-refractivity contribution is 5.80. The lowest BCUT2D eigenvalue weighted by atomic mass is 10.2. The fourth-order valence-electron chi connectivity index (χ4n) is 2.35. The van der Waals surface area contributed by atoms with Crippen molar-refractivity contribution in [1.29, 1.82) is 0 Å². The zero-order valence-corrected chi connectivity index (χ0v) is 14.8. The number of ether oxygens (including phenoxy) is 1. The Morgan fingerprint density at radius 2 is 1.20 bits per heavy atom. The number of anilines is 5. The first-order valence-electron chi connectivity index (χ1n) is 8.19. The third kappa shape index (κ3) is 5.43. The van der Waals surface area contributed by atoms with Gasteiger partial charge in [-0.25, -0.2) is 9.97 Å². The molecule has 4 N–H and O–H groups in total. The van der Waals surface area contributed by atoms with Gasteiger partial charge in [0.05, 0.1) is 5.56 Å². The molecule has 30 heavy (non-hydrogen) atoms. The molecule has 2 aromatic carbocycles. The highest BCUT2D eigenvalue weighted by Crippen LogP contribution is 2.32. The van der Waals surface area contributed by atoms with Crippen molar-refractivity contribution in [3.8, 4) is 5.75 Å².